The van der Waals surface area contributed by atoms with Crippen molar-refractivity contribution in [1.29, 1.82) is 0 Å². The molecule has 0 saturated heterocycles. The van der Waals surface area contributed by atoms with Gasteiger partial charge in [-0.15, -0.1) is 0 Å². The third-order valence-corrected chi connectivity index (χ3v) is 3.79. The van der Waals surface area contributed by atoms with Crippen molar-refractivity contribution in [2.75, 3.05) is 0 Å². The summed E-state index contributed by atoms with van der Waals surface area (Å²) >= 11 is 0. The van der Waals surface area contributed by atoms with Gasteiger partial charge in [-0.2, -0.15) is 5.10 Å². The smallest absolute Gasteiger partial charge is 0.336 e. The number of carbonyl (C=O) groups is 1. The Kier molecular flexibility index (Phi) is 3.28. The van der Waals surface area contributed by atoms with Crippen LogP contribution in [0.15, 0.2) is 60.9 Å². The normalized spacial score (nSPS) is 10.8. The van der Waals surface area contributed by atoms with Crippen molar-refractivity contribution in [2.45, 2.75) is 0 Å². The molecule has 0 fully saturated rings. The molecule has 0 aliphatic rings. The number of aromatic nitrogens is 4. The number of fused-ring (bicyclic) bond motifs is 1. The molecule has 0 saturated carbocycles. The molecular formula is C18H12N4O2. The second-order valence-corrected chi connectivity index (χ2v) is 5.26. The molecule has 116 valence electrons. The third kappa shape index (κ3) is 2.30. The maximum absolute atomic E-state index is 11.8. The number of aromatic carboxylic acids is 1. The van der Waals surface area contributed by atoms with E-state index >= 15 is 0 Å². The van der Waals surface area contributed by atoms with Crippen LogP contribution >= 0.6 is 0 Å². The molecule has 1 aromatic carbocycles. The lowest BCUT2D eigenvalue weighted by Gasteiger charge is -2.05. The Bertz CT molecular complexity index is 1030. The summed E-state index contributed by atoms with van der Waals surface area (Å²) in [6.45, 7) is 0. The van der Waals surface area contributed by atoms with Crippen LogP contribution in [0.3, 0.4) is 0 Å². The van der Waals surface area contributed by atoms with E-state index in [4.69, 9.17) is 0 Å². The maximum Gasteiger partial charge on any atom is 0.336 e. The molecule has 6 heteroatoms. The van der Waals surface area contributed by atoms with Crippen LogP contribution in [-0.4, -0.2) is 31.2 Å². The van der Waals surface area contributed by atoms with Gasteiger partial charge in [-0.25, -0.2) is 9.78 Å². The molecule has 0 amide bonds. The zero-order chi connectivity index (χ0) is 16.5. The number of benzene rings is 1. The fourth-order valence-electron chi connectivity index (χ4n) is 2.68. The second kappa shape index (κ2) is 5.58. The fraction of sp³-hybridized carbons (Fsp3) is 0. The molecule has 0 aliphatic heterocycles. The first-order chi connectivity index (χ1) is 11.7. The molecule has 0 bridgehead atoms. The van der Waals surface area contributed by atoms with Crippen LogP contribution in [0.25, 0.3) is 33.5 Å². The Morgan fingerprint density at radius 3 is 2.46 bits per heavy atom. The first kappa shape index (κ1) is 14.1. The molecule has 6 nitrogen and oxygen atoms in total. The van der Waals surface area contributed by atoms with Gasteiger partial charge in [0.15, 0.2) is 5.65 Å². The van der Waals surface area contributed by atoms with E-state index in [1.165, 1.54) is 0 Å². The van der Waals surface area contributed by atoms with Crippen LogP contribution in [0.4, 0.5) is 0 Å². The number of carboxylic acid groups (broad SMARTS) is 1. The van der Waals surface area contributed by atoms with E-state index in [1.807, 2.05) is 30.3 Å². The summed E-state index contributed by atoms with van der Waals surface area (Å²) in [6.07, 6.45) is 3.28. The largest absolute Gasteiger partial charge is 0.478 e. The van der Waals surface area contributed by atoms with Gasteiger partial charge in [-0.1, -0.05) is 30.3 Å². The minimum atomic E-state index is -1.02. The van der Waals surface area contributed by atoms with Gasteiger partial charge in [-0.3, -0.25) is 10.1 Å². The van der Waals surface area contributed by atoms with E-state index in [0.29, 0.717) is 22.4 Å². The van der Waals surface area contributed by atoms with Gasteiger partial charge in [0.2, 0.25) is 0 Å². The maximum atomic E-state index is 11.8. The molecule has 3 heterocycles. The van der Waals surface area contributed by atoms with E-state index in [-0.39, 0.29) is 5.56 Å². The van der Waals surface area contributed by atoms with Crippen molar-refractivity contribution >= 4 is 17.0 Å². The highest BCUT2D eigenvalue weighted by atomic mass is 16.4. The van der Waals surface area contributed by atoms with Crippen LogP contribution < -0.4 is 0 Å². The highest BCUT2D eigenvalue weighted by Gasteiger charge is 2.19. The quantitative estimate of drug-likeness (QED) is 0.604. The average Bonchev–Trinajstić information content (AvgIpc) is 3.06. The standard InChI is InChI=1S/C18H12N4O2/c23-18(24)13-10-14(11-6-8-19-9-7-11)20-17-15(13)16(21-22-17)12-4-2-1-3-5-12/h1-10H,(H,23,24)(H,20,21,22). The van der Waals surface area contributed by atoms with Crippen molar-refractivity contribution in [3.8, 4) is 22.5 Å². The van der Waals surface area contributed by atoms with E-state index in [0.717, 1.165) is 11.1 Å². The molecule has 0 unspecified atom stereocenters. The molecule has 4 aromatic rings. The van der Waals surface area contributed by atoms with E-state index in [1.54, 1.807) is 30.6 Å². The summed E-state index contributed by atoms with van der Waals surface area (Å²) in [5, 5.41) is 17.3. The van der Waals surface area contributed by atoms with Gasteiger partial charge < -0.3 is 5.11 Å². The number of H-pyrrole nitrogens is 1. The second-order valence-electron chi connectivity index (χ2n) is 5.26. The molecular weight excluding hydrogens is 304 g/mol. The number of hydrogen-bond donors (Lipinski definition) is 2. The number of rotatable bonds is 3. The summed E-state index contributed by atoms with van der Waals surface area (Å²) in [4.78, 5) is 20.3. The van der Waals surface area contributed by atoms with Gasteiger partial charge >= 0.3 is 5.97 Å². The molecule has 24 heavy (non-hydrogen) atoms. The van der Waals surface area contributed by atoms with Crippen molar-refractivity contribution < 1.29 is 9.90 Å². The van der Waals surface area contributed by atoms with Crippen molar-refractivity contribution in [3.63, 3.8) is 0 Å². The fourth-order valence-corrected chi connectivity index (χ4v) is 2.68. The Morgan fingerprint density at radius 1 is 1.00 bits per heavy atom. The molecule has 2 N–H and O–H groups in total. The van der Waals surface area contributed by atoms with Gasteiger partial charge in [-0.05, 0) is 18.2 Å². The lowest BCUT2D eigenvalue weighted by Crippen LogP contribution is -2.00. The number of carboxylic acids is 1. The Hall–Kier alpha value is -3.54. The molecule has 4 rings (SSSR count). The van der Waals surface area contributed by atoms with Crippen LogP contribution in [-0.2, 0) is 0 Å². The SMILES string of the molecule is O=C(O)c1cc(-c2ccncc2)nc2n[nH]c(-c3ccccc3)c12. The first-order valence-electron chi connectivity index (χ1n) is 7.32. The van der Waals surface area contributed by atoms with Crippen LogP contribution in [0.2, 0.25) is 0 Å². The summed E-state index contributed by atoms with van der Waals surface area (Å²) in [7, 11) is 0. The van der Waals surface area contributed by atoms with Gasteiger partial charge in [0.25, 0.3) is 0 Å². The molecule has 0 atom stereocenters. The minimum Gasteiger partial charge on any atom is -0.478 e. The Balaban J connectivity index is 2.00. The lowest BCUT2D eigenvalue weighted by atomic mass is 10.0. The first-order valence-corrected chi connectivity index (χ1v) is 7.32. The monoisotopic (exact) mass is 316 g/mol. The van der Waals surface area contributed by atoms with Gasteiger partial charge in [0, 0.05) is 23.5 Å². The van der Waals surface area contributed by atoms with Gasteiger partial charge in [0.05, 0.1) is 22.3 Å². The van der Waals surface area contributed by atoms with Crippen LogP contribution in [0.1, 0.15) is 10.4 Å². The summed E-state index contributed by atoms with van der Waals surface area (Å²) in [5.74, 6) is -1.02. The van der Waals surface area contributed by atoms with E-state index in [9.17, 15) is 9.90 Å². The number of nitrogens with zero attached hydrogens (tertiary/aromatic N) is 3. The molecule has 0 radical (unpaired) electrons. The lowest BCUT2D eigenvalue weighted by molar-refractivity contribution is 0.0699. The van der Waals surface area contributed by atoms with Crippen molar-refractivity contribution in [3.05, 3.63) is 66.5 Å². The number of nitrogens with one attached hydrogen (secondary N) is 1. The molecule has 0 spiro atoms. The number of aromatic amines is 1. The average molecular weight is 316 g/mol. The predicted molar refractivity (Wildman–Crippen MR) is 89.5 cm³/mol. The summed E-state index contributed by atoms with van der Waals surface area (Å²) < 4.78 is 0. The summed E-state index contributed by atoms with van der Waals surface area (Å²) in [6, 6.07) is 14.6. The third-order valence-electron chi connectivity index (χ3n) is 3.79. The highest BCUT2D eigenvalue weighted by Crippen LogP contribution is 2.31. The zero-order valence-electron chi connectivity index (χ0n) is 12.5. The minimum absolute atomic E-state index is 0.166. The van der Waals surface area contributed by atoms with Crippen molar-refractivity contribution in [1.82, 2.24) is 20.2 Å². The topological polar surface area (TPSA) is 91.8 Å². The van der Waals surface area contributed by atoms with E-state index in [2.05, 4.69) is 20.2 Å². The molecule has 3 aromatic heterocycles. The van der Waals surface area contributed by atoms with E-state index < -0.39 is 5.97 Å². The van der Waals surface area contributed by atoms with Gasteiger partial charge in [0.1, 0.15) is 0 Å². The van der Waals surface area contributed by atoms with Crippen molar-refractivity contribution in [2.24, 2.45) is 0 Å². The molecule has 0 aliphatic carbocycles. The van der Waals surface area contributed by atoms with Crippen LogP contribution in [0, 0.1) is 0 Å². The predicted octanol–water partition coefficient (Wildman–Crippen LogP) is 3.39. The Labute approximate surface area is 136 Å². The van der Waals surface area contributed by atoms with Crippen LogP contribution in [0.5, 0.6) is 0 Å². The number of hydrogen-bond acceptors (Lipinski definition) is 4. The summed E-state index contributed by atoms with van der Waals surface area (Å²) in [5.41, 5.74) is 3.39. The Morgan fingerprint density at radius 2 is 1.75 bits per heavy atom. The number of pyridine rings is 2. The zero-order valence-corrected chi connectivity index (χ0v) is 12.5. The highest BCUT2D eigenvalue weighted by molar-refractivity contribution is 6.08.